The van der Waals surface area contributed by atoms with Gasteiger partial charge in [-0.05, 0) is 68.2 Å². The summed E-state index contributed by atoms with van der Waals surface area (Å²) in [6.07, 6.45) is 0.117. The van der Waals surface area contributed by atoms with Gasteiger partial charge in [-0.15, -0.1) is 0 Å². The second kappa shape index (κ2) is 11.7. The van der Waals surface area contributed by atoms with E-state index in [-0.39, 0.29) is 23.6 Å². The number of rotatable bonds is 13. The molecule has 1 amide bonds. The predicted octanol–water partition coefficient (Wildman–Crippen LogP) is 3.66. The Balaban J connectivity index is 3.51. The van der Waals surface area contributed by atoms with Crippen LogP contribution in [0.3, 0.4) is 0 Å². The first-order valence-electron chi connectivity index (χ1n) is 11.5. The highest BCUT2D eigenvalue weighted by atomic mass is 16.3. The topological polar surface area (TPSA) is 128 Å². The van der Waals surface area contributed by atoms with E-state index in [9.17, 15) is 20.1 Å². The van der Waals surface area contributed by atoms with Crippen LogP contribution in [0.15, 0.2) is 24.3 Å². The summed E-state index contributed by atoms with van der Waals surface area (Å²) >= 11 is 0. The molecule has 0 heterocycles. The zero-order valence-corrected chi connectivity index (χ0v) is 20.5. The molecule has 0 radical (unpaired) electrons. The minimum absolute atomic E-state index is 0.0390. The van der Waals surface area contributed by atoms with Gasteiger partial charge in [-0.25, -0.2) is 0 Å². The number of nitrogens with one attached hydrogen (secondary N) is 1. The molecule has 0 aliphatic heterocycles. The number of aliphatic hydroxyl groups excluding tert-OH is 3. The van der Waals surface area contributed by atoms with Crippen LogP contribution in [-0.2, 0) is 10.2 Å². The van der Waals surface area contributed by atoms with Gasteiger partial charge in [0.25, 0.3) is 0 Å². The Bertz CT molecular complexity index is 833. The van der Waals surface area contributed by atoms with Crippen LogP contribution in [0.5, 0.6) is 0 Å². The summed E-state index contributed by atoms with van der Waals surface area (Å²) in [6.45, 7) is 15.4. The van der Waals surface area contributed by atoms with E-state index in [2.05, 4.69) is 32.6 Å². The van der Waals surface area contributed by atoms with Crippen molar-refractivity contribution in [2.75, 3.05) is 6.61 Å². The van der Waals surface area contributed by atoms with Crippen LogP contribution in [0.1, 0.15) is 81.5 Å². The largest absolute Gasteiger partial charge is 0.394 e. The summed E-state index contributed by atoms with van der Waals surface area (Å²) in [5.74, 6) is -1.02. The van der Waals surface area contributed by atoms with E-state index in [1.807, 2.05) is 27.7 Å². The van der Waals surface area contributed by atoms with Crippen molar-refractivity contribution >= 4 is 11.6 Å². The molecule has 0 saturated heterocycles. The number of benzene rings is 1. The van der Waals surface area contributed by atoms with Gasteiger partial charge in [-0.3, -0.25) is 4.79 Å². The fourth-order valence-electron chi connectivity index (χ4n) is 4.41. The molecule has 1 rings (SSSR count). The molecule has 1 aromatic carbocycles. The molecule has 6 nitrogen and oxygen atoms in total. The summed E-state index contributed by atoms with van der Waals surface area (Å²) < 4.78 is 0. The highest BCUT2D eigenvalue weighted by Crippen LogP contribution is 2.40. The molecule has 0 aromatic heterocycles. The van der Waals surface area contributed by atoms with E-state index in [1.165, 1.54) is 0 Å². The molecule has 1 aromatic rings. The Kier molecular flexibility index (Phi) is 10.3. The van der Waals surface area contributed by atoms with E-state index in [4.69, 9.17) is 11.1 Å². The smallest absolute Gasteiger partial charge is 0.249 e. The van der Waals surface area contributed by atoms with Crippen LogP contribution in [-0.4, -0.2) is 45.8 Å². The van der Waals surface area contributed by atoms with E-state index in [0.29, 0.717) is 12.8 Å². The highest BCUT2D eigenvalue weighted by Gasteiger charge is 2.38. The quantitative estimate of drug-likeness (QED) is 0.234. The van der Waals surface area contributed by atoms with Crippen LogP contribution in [0.25, 0.3) is 0 Å². The minimum atomic E-state index is -1.01. The zero-order valence-electron chi connectivity index (χ0n) is 20.5. The molecular weight excluding hydrogens is 404 g/mol. The van der Waals surface area contributed by atoms with Gasteiger partial charge in [0, 0.05) is 11.3 Å². The van der Waals surface area contributed by atoms with Gasteiger partial charge in [-0.1, -0.05) is 45.9 Å². The second-order valence-electron chi connectivity index (χ2n) is 9.54. The Morgan fingerprint density at radius 3 is 2.19 bits per heavy atom. The van der Waals surface area contributed by atoms with Crippen molar-refractivity contribution < 1.29 is 20.1 Å². The third-order valence-electron chi connectivity index (χ3n) is 6.77. The molecule has 0 fully saturated rings. The van der Waals surface area contributed by atoms with Gasteiger partial charge < -0.3 is 26.5 Å². The Morgan fingerprint density at radius 1 is 1.16 bits per heavy atom. The van der Waals surface area contributed by atoms with E-state index in [0.717, 1.165) is 28.7 Å². The lowest BCUT2D eigenvalue weighted by molar-refractivity contribution is -0.114. The third kappa shape index (κ3) is 6.27. The van der Waals surface area contributed by atoms with Crippen LogP contribution >= 0.6 is 0 Å². The molecule has 0 aliphatic carbocycles. The fourth-order valence-corrected chi connectivity index (χ4v) is 4.41. The third-order valence-corrected chi connectivity index (χ3v) is 6.77. The molecule has 0 aliphatic rings. The molecule has 4 atom stereocenters. The molecular formula is C26H42N2O4. The lowest BCUT2D eigenvalue weighted by Crippen LogP contribution is -2.40. The first-order valence-corrected chi connectivity index (χ1v) is 11.5. The van der Waals surface area contributed by atoms with Crippen molar-refractivity contribution in [1.82, 2.24) is 0 Å². The van der Waals surface area contributed by atoms with Gasteiger partial charge in [0.1, 0.15) is 0 Å². The summed E-state index contributed by atoms with van der Waals surface area (Å²) in [5.41, 5.74) is 8.78. The van der Waals surface area contributed by atoms with Gasteiger partial charge >= 0.3 is 0 Å². The molecule has 0 bridgehead atoms. The Hall–Kier alpha value is -2.02. The molecule has 180 valence electrons. The number of hydrogen-bond acceptors (Lipinski definition) is 5. The monoisotopic (exact) mass is 446 g/mol. The maximum atomic E-state index is 11.9. The standard InChI is InChI=1S/C26H42N2O4/c1-8-9-19(23(31)14-29)22(30)10-11-26(7,24(27)18(6)25(28)32)21-13-17(5)16(4)12-20(21)15(2)3/h12-13,15,19,22-23,27,29-31H,6,8-11,14H2,1-5,7H3,(H2,28,32). The lowest BCUT2D eigenvalue weighted by Gasteiger charge is -2.36. The van der Waals surface area contributed by atoms with Crippen molar-refractivity contribution in [3.05, 3.63) is 46.5 Å². The average Bonchev–Trinajstić information content (AvgIpc) is 2.75. The van der Waals surface area contributed by atoms with Crippen molar-refractivity contribution in [3.8, 4) is 0 Å². The number of carbonyl (C=O) groups is 1. The summed E-state index contributed by atoms with van der Waals surface area (Å²) in [6, 6.07) is 4.19. The first-order chi connectivity index (χ1) is 14.8. The Labute approximate surface area is 193 Å². The summed E-state index contributed by atoms with van der Waals surface area (Å²) in [5, 5.41) is 39.4. The second-order valence-corrected chi connectivity index (χ2v) is 9.54. The first kappa shape index (κ1) is 28.0. The number of aliphatic hydroxyl groups is 3. The van der Waals surface area contributed by atoms with Crippen LogP contribution in [0, 0.1) is 25.2 Å². The van der Waals surface area contributed by atoms with E-state index >= 15 is 0 Å². The normalized spacial score (nSPS) is 16.3. The van der Waals surface area contributed by atoms with Crippen molar-refractivity contribution in [1.29, 1.82) is 5.41 Å². The maximum absolute atomic E-state index is 11.9. The molecule has 6 N–H and O–H groups in total. The van der Waals surface area contributed by atoms with Gasteiger partial charge in [-0.2, -0.15) is 0 Å². The van der Waals surface area contributed by atoms with Crippen molar-refractivity contribution in [3.63, 3.8) is 0 Å². The number of amides is 1. The van der Waals surface area contributed by atoms with Crippen LogP contribution in [0.2, 0.25) is 0 Å². The average molecular weight is 447 g/mol. The summed E-state index contributed by atoms with van der Waals surface area (Å²) in [7, 11) is 0. The molecule has 0 saturated carbocycles. The van der Waals surface area contributed by atoms with Gasteiger partial charge in [0.15, 0.2) is 0 Å². The Morgan fingerprint density at radius 2 is 1.72 bits per heavy atom. The van der Waals surface area contributed by atoms with Gasteiger partial charge in [0.2, 0.25) is 5.91 Å². The number of aryl methyl sites for hydroxylation is 2. The SMILES string of the molecule is C=C(C(=N)C(C)(CCC(O)C(CCC)C(O)CO)c1cc(C)c(C)cc1C(C)C)C(N)=O. The molecule has 6 heteroatoms. The lowest BCUT2D eigenvalue weighted by atomic mass is 9.68. The zero-order chi connectivity index (χ0) is 24.8. The number of hydrogen-bond donors (Lipinski definition) is 5. The van der Waals surface area contributed by atoms with Gasteiger partial charge in [0.05, 0.1) is 30.1 Å². The van der Waals surface area contributed by atoms with Crippen LogP contribution in [0.4, 0.5) is 0 Å². The van der Waals surface area contributed by atoms with E-state index < -0.39 is 36.1 Å². The minimum Gasteiger partial charge on any atom is -0.394 e. The molecule has 32 heavy (non-hydrogen) atoms. The maximum Gasteiger partial charge on any atom is 0.249 e. The predicted molar refractivity (Wildman–Crippen MR) is 130 cm³/mol. The highest BCUT2D eigenvalue weighted by molar-refractivity contribution is 6.23. The number of carbonyl (C=O) groups excluding carboxylic acids is 1. The van der Waals surface area contributed by atoms with Crippen LogP contribution < -0.4 is 5.73 Å². The number of primary amides is 1. The summed E-state index contributed by atoms with van der Waals surface area (Å²) in [4.78, 5) is 11.9. The molecule has 4 unspecified atom stereocenters. The van der Waals surface area contributed by atoms with Crippen molar-refractivity contribution in [2.24, 2.45) is 11.7 Å². The van der Waals surface area contributed by atoms with Crippen molar-refractivity contribution in [2.45, 2.75) is 90.8 Å². The van der Waals surface area contributed by atoms with E-state index in [1.54, 1.807) is 0 Å². The number of nitrogens with two attached hydrogens (primary N) is 1. The fraction of sp³-hybridized carbons (Fsp3) is 0.615. The molecule has 0 spiro atoms.